The summed E-state index contributed by atoms with van der Waals surface area (Å²) < 4.78 is 12.1. The molecule has 0 saturated heterocycles. The summed E-state index contributed by atoms with van der Waals surface area (Å²) >= 11 is 0. The third-order valence-electron chi connectivity index (χ3n) is 16.4. The van der Waals surface area contributed by atoms with Crippen molar-refractivity contribution >= 4 is 105 Å². The fourth-order valence-electron chi connectivity index (χ4n) is 13.1. The molecule has 0 radical (unpaired) electrons. The Morgan fingerprint density at radius 1 is 0.276 bits per heavy atom. The van der Waals surface area contributed by atoms with Gasteiger partial charge < -0.3 is 13.9 Å². The van der Waals surface area contributed by atoms with E-state index in [4.69, 9.17) is 4.74 Å². The average molecular weight is 983 g/mol. The third-order valence-corrected chi connectivity index (χ3v) is 21.3. The molecule has 0 amide bonds. The van der Waals surface area contributed by atoms with Crippen LogP contribution in [0, 0.1) is 0 Å². The zero-order valence-corrected chi connectivity index (χ0v) is 42.4. The quantitative estimate of drug-likeness (QED) is 0.120. The van der Waals surface area contributed by atoms with Crippen LogP contribution in [0.15, 0.2) is 279 Å². The molecule has 15 aromatic rings. The Hall–Kier alpha value is -9.74. The topological polar surface area (TPSA) is 19.1 Å². The number of hydrogen-bond acceptors (Lipinski definition) is 1. The van der Waals surface area contributed by atoms with Crippen LogP contribution in [0.2, 0.25) is 0 Å². The van der Waals surface area contributed by atoms with Crippen LogP contribution in [0.4, 0.5) is 0 Å². The van der Waals surface area contributed by atoms with Crippen molar-refractivity contribution in [3.8, 4) is 45.1 Å². The lowest BCUT2D eigenvalue weighted by atomic mass is 9.96. The molecular formula is C72H46N2OSi. The Kier molecular flexibility index (Phi) is 9.36. The van der Waals surface area contributed by atoms with E-state index in [0.717, 1.165) is 34.0 Å². The number of aromatic nitrogens is 2. The Morgan fingerprint density at radius 3 is 1.66 bits per heavy atom. The van der Waals surface area contributed by atoms with Gasteiger partial charge in [-0.1, -0.05) is 218 Å². The van der Waals surface area contributed by atoms with E-state index < -0.39 is 8.07 Å². The molecule has 0 aliphatic carbocycles. The van der Waals surface area contributed by atoms with Gasteiger partial charge in [0, 0.05) is 32.9 Å². The second-order valence-corrected chi connectivity index (χ2v) is 24.0. The lowest BCUT2D eigenvalue weighted by Gasteiger charge is -2.40. The van der Waals surface area contributed by atoms with Crippen molar-refractivity contribution < 1.29 is 4.74 Å². The number of rotatable bonds is 6. The summed E-state index contributed by atoms with van der Waals surface area (Å²) in [5.41, 5.74) is 11.8. The molecule has 1 unspecified atom stereocenters. The van der Waals surface area contributed by atoms with Crippen molar-refractivity contribution in [2.45, 2.75) is 0 Å². The van der Waals surface area contributed by atoms with E-state index in [-0.39, 0.29) is 0 Å². The maximum absolute atomic E-state index is 7.24. The molecule has 16 rings (SSSR count). The third kappa shape index (κ3) is 6.22. The molecule has 13 aromatic carbocycles. The van der Waals surface area contributed by atoms with Crippen LogP contribution in [0.25, 0.3) is 110 Å². The van der Waals surface area contributed by atoms with Crippen LogP contribution >= 0.6 is 0 Å². The van der Waals surface area contributed by atoms with Crippen LogP contribution in [-0.2, 0) is 0 Å². The van der Waals surface area contributed by atoms with E-state index in [1.807, 2.05) is 0 Å². The van der Waals surface area contributed by atoms with Gasteiger partial charge in [0.2, 0.25) is 0 Å². The summed E-state index contributed by atoms with van der Waals surface area (Å²) in [5.74, 6) is 1.81. The minimum absolute atomic E-state index is 0.902. The molecule has 3 heterocycles. The molecule has 3 nitrogen and oxygen atoms in total. The summed E-state index contributed by atoms with van der Waals surface area (Å²) in [7, 11) is -3.29. The Morgan fingerprint density at radius 2 is 0.842 bits per heavy atom. The van der Waals surface area contributed by atoms with Gasteiger partial charge >= 0.3 is 0 Å². The molecule has 0 bridgehead atoms. The molecular weight excluding hydrogens is 937 g/mol. The average Bonchev–Trinajstić information content (AvgIpc) is 4.13. The molecule has 4 heteroatoms. The predicted octanol–water partition coefficient (Wildman–Crippen LogP) is 16.2. The lowest BCUT2D eigenvalue weighted by Crippen LogP contribution is -2.76. The molecule has 0 saturated carbocycles. The van der Waals surface area contributed by atoms with Gasteiger partial charge in [0.25, 0.3) is 0 Å². The zero-order chi connectivity index (χ0) is 49.9. The number of nitrogens with zero attached hydrogens (tertiary/aromatic N) is 2. The molecule has 0 N–H and O–H groups in total. The standard InChI is InChI=1S/C72H46N2OSi/c1-2-18-53(19-3-1)73-65-27-11-8-23-61(65)72-66(73)28-15-31-71(72)76(55-41-42-58-52(44-55)37-36-50-38-40-54(46-62(50)58)74-63-25-9-6-21-59(63)60-22-7-10-26-64(60)74)69-30-13-12-29-67(69)75-68-45-51(39-43-70(68)76)47-32-34-49(35-33-47)57-24-14-17-48-16-4-5-20-56(48)57/h1-46H. The number of ether oxygens (including phenoxy) is 1. The first-order valence-corrected chi connectivity index (χ1v) is 28.2. The van der Waals surface area contributed by atoms with Crippen molar-refractivity contribution in [1.82, 2.24) is 9.13 Å². The molecule has 76 heavy (non-hydrogen) atoms. The van der Waals surface area contributed by atoms with Crippen molar-refractivity contribution in [3.63, 3.8) is 0 Å². The normalized spacial score (nSPS) is 14.2. The van der Waals surface area contributed by atoms with Gasteiger partial charge in [-0.25, -0.2) is 0 Å². The second-order valence-electron chi connectivity index (χ2n) is 20.3. The van der Waals surface area contributed by atoms with E-state index in [1.165, 1.54) is 108 Å². The van der Waals surface area contributed by atoms with Crippen molar-refractivity contribution in [3.05, 3.63) is 279 Å². The Bertz CT molecular complexity index is 4800. The fourth-order valence-corrected chi connectivity index (χ4v) is 18.3. The van der Waals surface area contributed by atoms with Gasteiger partial charge in [-0.15, -0.1) is 0 Å². The molecule has 2 aromatic heterocycles. The van der Waals surface area contributed by atoms with Gasteiger partial charge in [-0.05, 0) is 136 Å². The zero-order valence-electron chi connectivity index (χ0n) is 41.4. The summed E-state index contributed by atoms with van der Waals surface area (Å²) in [5, 5.41) is 17.6. The molecule has 354 valence electrons. The highest BCUT2D eigenvalue weighted by Crippen LogP contribution is 2.40. The largest absolute Gasteiger partial charge is 0.458 e. The SMILES string of the molecule is c1ccc(-n2c3ccccc3c3c([Si]4(c5ccc6c(ccc7ccc(-n8c9ccccc9c9ccccc98)cc76)c5)c5ccccc5Oc5cc(-c6ccc(-c7cccc8ccccc78)cc6)ccc54)cccc32)cc1. The first-order chi connectivity index (χ1) is 37.7. The number of fused-ring (bicyclic) bond motifs is 12. The highest BCUT2D eigenvalue weighted by molar-refractivity contribution is 7.21. The molecule has 0 spiro atoms. The van der Waals surface area contributed by atoms with E-state index in [0.29, 0.717) is 0 Å². The van der Waals surface area contributed by atoms with Gasteiger partial charge in [-0.3, -0.25) is 0 Å². The first kappa shape index (κ1) is 42.7. The van der Waals surface area contributed by atoms with Crippen LogP contribution in [0.1, 0.15) is 0 Å². The number of para-hydroxylation sites is 5. The highest BCUT2D eigenvalue weighted by Gasteiger charge is 2.49. The summed E-state index contributed by atoms with van der Waals surface area (Å²) in [4.78, 5) is 0. The van der Waals surface area contributed by atoms with Crippen molar-refractivity contribution in [2.24, 2.45) is 0 Å². The smallest absolute Gasteiger partial charge is 0.188 e. The Labute approximate surface area is 440 Å². The molecule has 1 aliphatic rings. The molecule has 1 atom stereocenters. The number of hydrogen-bond donors (Lipinski definition) is 0. The van der Waals surface area contributed by atoms with Crippen LogP contribution in [0.3, 0.4) is 0 Å². The van der Waals surface area contributed by atoms with Crippen LogP contribution in [-0.4, -0.2) is 17.2 Å². The van der Waals surface area contributed by atoms with E-state index in [2.05, 4.69) is 288 Å². The predicted molar refractivity (Wildman–Crippen MR) is 322 cm³/mol. The first-order valence-electron chi connectivity index (χ1n) is 26.2. The minimum Gasteiger partial charge on any atom is -0.458 e. The summed E-state index contributed by atoms with van der Waals surface area (Å²) in [6.45, 7) is 0. The summed E-state index contributed by atoms with van der Waals surface area (Å²) in [6, 6.07) is 104. The van der Waals surface area contributed by atoms with Crippen molar-refractivity contribution in [1.29, 1.82) is 0 Å². The van der Waals surface area contributed by atoms with Gasteiger partial charge in [0.1, 0.15) is 11.5 Å². The van der Waals surface area contributed by atoms with E-state index in [9.17, 15) is 0 Å². The molecule has 0 fully saturated rings. The fraction of sp³-hybridized carbons (Fsp3) is 0. The van der Waals surface area contributed by atoms with Gasteiger partial charge in [0.05, 0.1) is 22.1 Å². The lowest BCUT2D eigenvalue weighted by molar-refractivity contribution is 0.487. The van der Waals surface area contributed by atoms with Crippen LogP contribution < -0.4 is 25.5 Å². The minimum atomic E-state index is -3.29. The second kappa shape index (κ2) is 16.6. The van der Waals surface area contributed by atoms with Crippen LogP contribution in [0.5, 0.6) is 11.5 Å². The highest BCUT2D eigenvalue weighted by atomic mass is 28.3. The van der Waals surface area contributed by atoms with Gasteiger partial charge in [0.15, 0.2) is 8.07 Å². The monoisotopic (exact) mass is 982 g/mol. The van der Waals surface area contributed by atoms with Gasteiger partial charge in [-0.2, -0.15) is 0 Å². The summed E-state index contributed by atoms with van der Waals surface area (Å²) in [6.07, 6.45) is 0. The Balaban J connectivity index is 0.943. The van der Waals surface area contributed by atoms with E-state index in [1.54, 1.807) is 0 Å². The maximum atomic E-state index is 7.24. The number of benzene rings is 13. The maximum Gasteiger partial charge on any atom is 0.188 e. The van der Waals surface area contributed by atoms with Crippen molar-refractivity contribution in [2.75, 3.05) is 0 Å². The van der Waals surface area contributed by atoms with E-state index >= 15 is 0 Å². The molecule has 1 aliphatic heterocycles.